The predicted molar refractivity (Wildman–Crippen MR) is 355 cm³/mol. The van der Waals surface area contributed by atoms with Gasteiger partial charge in [-0.05, 0) is 188 Å². The van der Waals surface area contributed by atoms with Crippen LogP contribution in [0, 0.1) is 0 Å². The number of benzene rings is 12. The fourth-order valence-electron chi connectivity index (χ4n) is 13.9. The highest BCUT2D eigenvalue weighted by atomic mass is 14.4. The van der Waals surface area contributed by atoms with Crippen molar-refractivity contribution in [2.75, 3.05) is 0 Å². The minimum absolute atomic E-state index is 0.0692. The van der Waals surface area contributed by atoms with E-state index in [0.717, 1.165) is 0 Å². The number of fused-ring (bicyclic) bond motifs is 8. The smallest absolute Gasteiger partial charge is 0.000718 e. The van der Waals surface area contributed by atoms with Crippen LogP contribution in [0.4, 0.5) is 0 Å². The van der Waals surface area contributed by atoms with Crippen LogP contribution in [0.25, 0.3) is 144 Å². The van der Waals surface area contributed by atoms with E-state index in [9.17, 15) is 0 Å². The molecule has 0 fully saturated rings. The first kappa shape index (κ1) is 51.6. The van der Waals surface area contributed by atoms with Crippen LogP contribution in [0.15, 0.2) is 218 Å². The fourth-order valence-corrected chi connectivity index (χ4v) is 13.9. The molecule has 0 spiro atoms. The van der Waals surface area contributed by atoms with Crippen LogP contribution < -0.4 is 0 Å². The van der Waals surface area contributed by atoms with E-state index in [2.05, 4.69) is 301 Å². The standard InChI is InChI=1S/C82H72/c1-79(2,3)53-43-51(44-54(47-53)80(4,5)6)69-61-35-23-24-36-62(61)70(52-45-55(81(7,8)9)48-56(46-52)82(10,11)12)76-66-40-42-68-74-67(41-39-65(73(66)74)75(69)76)77-71(59-33-21-19-31-57(59)49-27-15-13-16-28-49)63-37-25-26-38-64(63)72(78(68)77)60-34-22-20-32-58(60)50-29-17-14-18-30-50/h13-48H,1-12H3. The lowest BCUT2D eigenvalue weighted by Gasteiger charge is -2.29. The first-order chi connectivity index (χ1) is 39.3. The molecular weight excluding hydrogens is 985 g/mol. The summed E-state index contributed by atoms with van der Waals surface area (Å²) in [6, 6.07) is 84.0. The second-order valence-corrected chi connectivity index (χ2v) is 27.6. The zero-order valence-corrected chi connectivity index (χ0v) is 49.8. The summed E-state index contributed by atoms with van der Waals surface area (Å²) < 4.78 is 0. The molecule has 12 aromatic carbocycles. The molecule has 0 nitrogen and oxygen atoms in total. The van der Waals surface area contributed by atoms with E-state index in [1.807, 2.05) is 0 Å². The summed E-state index contributed by atoms with van der Waals surface area (Å²) in [6.07, 6.45) is 0. The quantitative estimate of drug-likeness (QED) is 0.156. The Bertz CT molecular complexity index is 4250. The lowest BCUT2D eigenvalue weighted by molar-refractivity contribution is 0.568. The molecule has 0 aliphatic heterocycles. The van der Waals surface area contributed by atoms with Gasteiger partial charge in [-0.2, -0.15) is 0 Å². The average Bonchev–Trinajstić information content (AvgIpc) is 1.78. The summed E-state index contributed by atoms with van der Waals surface area (Å²) in [5.74, 6) is 0. The molecule has 0 radical (unpaired) electrons. The Morgan fingerprint density at radius 3 is 0.720 bits per heavy atom. The van der Waals surface area contributed by atoms with Crippen molar-refractivity contribution in [2.24, 2.45) is 0 Å². The van der Waals surface area contributed by atoms with E-state index < -0.39 is 0 Å². The molecule has 400 valence electrons. The van der Waals surface area contributed by atoms with E-state index in [1.54, 1.807) is 0 Å². The molecule has 0 aromatic heterocycles. The minimum atomic E-state index is -0.0692. The maximum Gasteiger partial charge on any atom is -0.000718 e. The van der Waals surface area contributed by atoms with Crippen LogP contribution in [-0.4, -0.2) is 0 Å². The van der Waals surface area contributed by atoms with Gasteiger partial charge in [0.05, 0.1) is 0 Å². The van der Waals surface area contributed by atoms with Gasteiger partial charge in [0.1, 0.15) is 0 Å². The van der Waals surface area contributed by atoms with Gasteiger partial charge < -0.3 is 0 Å². The third-order valence-electron chi connectivity index (χ3n) is 18.1. The zero-order valence-electron chi connectivity index (χ0n) is 49.8. The van der Waals surface area contributed by atoms with Gasteiger partial charge in [0.25, 0.3) is 0 Å². The topological polar surface area (TPSA) is 0 Å². The Labute approximate surface area is 486 Å². The first-order valence-electron chi connectivity index (χ1n) is 29.7. The molecule has 0 heterocycles. The van der Waals surface area contributed by atoms with E-state index in [-0.39, 0.29) is 21.7 Å². The lowest BCUT2D eigenvalue weighted by Crippen LogP contribution is -2.17. The highest BCUT2D eigenvalue weighted by molar-refractivity contribution is 6.36. The van der Waals surface area contributed by atoms with Crippen molar-refractivity contribution in [3.63, 3.8) is 0 Å². The van der Waals surface area contributed by atoms with Crippen molar-refractivity contribution < 1.29 is 0 Å². The van der Waals surface area contributed by atoms with Crippen LogP contribution >= 0.6 is 0 Å². The van der Waals surface area contributed by atoms with E-state index >= 15 is 0 Å². The number of hydrogen-bond acceptors (Lipinski definition) is 0. The second-order valence-electron chi connectivity index (χ2n) is 27.6. The molecule has 0 unspecified atom stereocenters. The molecule has 0 saturated carbocycles. The third-order valence-corrected chi connectivity index (χ3v) is 18.1. The molecule has 0 saturated heterocycles. The van der Waals surface area contributed by atoms with Crippen molar-refractivity contribution in [3.05, 3.63) is 241 Å². The summed E-state index contributed by atoms with van der Waals surface area (Å²) in [5.41, 5.74) is 30.8. The summed E-state index contributed by atoms with van der Waals surface area (Å²) in [6.45, 7) is 28.4. The molecule has 82 heavy (non-hydrogen) atoms. The van der Waals surface area contributed by atoms with E-state index in [4.69, 9.17) is 0 Å². The Morgan fingerprint density at radius 2 is 0.427 bits per heavy atom. The molecule has 2 aliphatic carbocycles. The molecule has 0 N–H and O–H groups in total. The zero-order chi connectivity index (χ0) is 56.8. The SMILES string of the molecule is CC(C)(C)c1cc(-c2c3c(c(-c4cc(C(C)(C)C)cc(C(C)(C)C)c4)c4ccccc24)-c2ccc4c5c(ccc-3c25)-c2c-4c(-c3ccccc3-c3ccccc3)c3ccccc3c2-c2ccccc2-c2ccccc2)cc(C(C)(C)C)c1. The minimum Gasteiger partial charge on any atom is -0.0622 e. The summed E-state index contributed by atoms with van der Waals surface area (Å²) in [5, 5.41) is 7.77. The lowest BCUT2D eigenvalue weighted by atomic mass is 9.75. The Hall–Kier alpha value is -8.58. The van der Waals surface area contributed by atoms with Gasteiger partial charge in [0.15, 0.2) is 0 Å². The van der Waals surface area contributed by atoms with Crippen LogP contribution in [-0.2, 0) is 21.7 Å². The van der Waals surface area contributed by atoms with Crippen LogP contribution in [0.2, 0.25) is 0 Å². The summed E-state index contributed by atoms with van der Waals surface area (Å²) in [7, 11) is 0. The summed E-state index contributed by atoms with van der Waals surface area (Å²) in [4.78, 5) is 0. The van der Waals surface area contributed by atoms with Crippen molar-refractivity contribution in [1.82, 2.24) is 0 Å². The fraction of sp³-hybridized carbons (Fsp3) is 0.195. The molecule has 14 rings (SSSR count). The van der Waals surface area contributed by atoms with Gasteiger partial charge in [0.2, 0.25) is 0 Å². The van der Waals surface area contributed by atoms with Gasteiger partial charge in [-0.15, -0.1) is 0 Å². The van der Waals surface area contributed by atoms with Gasteiger partial charge in [0, 0.05) is 0 Å². The van der Waals surface area contributed by atoms with Crippen LogP contribution in [0.5, 0.6) is 0 Å². The number of hydrogen-bond donors (Lipinski definition) is 0. The highest BCUT2D eigenvalue weighted by Crippen LogP contribution is 2.65. The largest absolute Gasteiger partial charge is 0.0622 e. The van der Waals surface area contributed by atoms with Crippen molar-refractivity contribution in [2.45, 2.75) is 105 Å². The van der Waals surface area contributed by atoms with Crippen LogP contribution in [0.3, 0.4) is 0 Å². The maximum absolute atomic E-state index is 2.53. The molecule has 12 aromatic rings. The van der Waals surface area contributed by atoms with Gasteiger partial charge in [-0.1, -0.05) is 301 Å². The maximum atomic E-state index is 2.53. The third kappa shape index (κ3) is 8.08. The molecule has 0 amide bonds. The normalized spacial score (nSPS) is 12.9. The predicted octanol–water partition coefficient (Wildman–Crippen LogP) is 23.6. The molecule has 0 atom stereocenters. The molecule has 0 heteroatoms. The first-order valence-corrected chi connectivity index (χ1v) is 29.7. The van der Waals surface area contributed by atoms with Gasteiger partial charge in [-0.3, -0.25) is 0 Å². The summed E-state index contributed by atoms with van der Waals surface area (Å²) >= 11 is 0. The molecule has 2 aliphatic rings. The van der Waals surface area contributed by atoms with Gasteiger partial charge >= 0.3 is 0 Å². The van der Waals surface area contributed by atoms with Crippen molar-refractivity contribution in [1.29, 1.82) is 0 Å². The van der Waals surface area contributed by atoms with Crippen molar-refractivity contribution >= 4 is 32.3 Å². The molecular formula is C82H72. The Kier molecular flexibility index (Phi) is 11.6. The average molecular weight is 1060 g/mol. The number of rotatable bonds is 6. The highest BCUT2D eigenvalue weighted by Gasteiger charge is 2.39. The Morgan fingerprint density at radius 1 is 0.183 bits per heavy atom. The Balaban J connectivity index is 1.17. The van der Waals surface area contributed by atoms with Gasteiger partial charge in [-0.25, -0.2) is 0 Å². The van der Waals surface area contributed by atoms with Crippen molar-refractivity contribution in [3.8, 4) is 111 Å². The van der Waals surface area contributed by atoms with E-state index in [0.29, 0.717) is 0 Å². The second kappa shape index (κ2) is 18.5. The van der Waals surface area contributed by atoms with E-state index in [1.165, 1.54) is 166 Å². The van der Waals surface area contributed by atoms with Crippen LogP contribution in [0.1, 0.15) is 105 Å². The monoisotopic (exact) mass is 1060 g/mol. The molecule has 0 bridgehead atoms.